The van der Waals surface area contributed by atoms with Crippen molar-refractivity contribution in [3.8, 4) is 0 Å². The highest BCUT2D eigenvalue weighted by Crippen LogP contribution is 2.26. The largest absolute Gasteiger partial charge is 0.374 e. The number of ether oxygens (including phenoxy) is 1. The Labute approximate surface area is 120 Å². The van der Waals surface area contributed by atoms with Gasteiger partial charge in [0.2, 0.25) is 0 Å². The lowest BCUT2D eigenvalue weighted by molar-refractivity contribution is -0.0146. The summed E-state index contributed by atoms with van der Waals surface area (Å²) in [6, 6.07) is 5.82. The number of hydrogen-bond acceptors (Lipinski definition) is 2. The first kappa shape index (κ1) is 15.8. The van der Waals surface area contributed by atoms with Gasteiger partial charge in [0.05, 0.1) is 28.3 Å². The average Bonchev–Trinajstić information content (AvgIpc) is 2.27. The summed E-state index contributed by atoms with van der Waals surface area (Å²) in [7, 11) is 0. The van der Waals surface area contributed by atoms with Crippen LogP contribution in [0.1, 0.15) is 39.3 Å². The quantitative estimate of drug-likeness (QED) is 0.864. The third kappa shape index (κ3) is 5.15. The van der Waals surface area contributed by atoms with E-state index in [0.717, 1.165) is 12.1 Å². The van der Waals surface area contributed by atoms with Gasteiger partial charge < -0.3 is 10.1 Å². The summed E-state index contributed by atoms with van der Waals surface area (Å²) in [5, 5.41) is 4.54. The lowest BCUT2D eigenvalue weighted by atomic mass is 10.1. The van der Waals surface area contributed by atoms with E-state index in [2.05, 4.69) is 12.2 Å². The number of rotatable bonds is 5. The Bertz CT molecular complexity index is 388. The van der Waals surface area contributed by atoms with Gasteiger partial charge in [0, 0.05) is 0 Å². The molecule has 0 aliphatic carbocycles. The fourth-order valence-electron chi connectivity index (χ4n) is 1.58. The summed E-state index contributed by atoms with van der Waals surface area (Å²) in [5.74, 6) is 0. The summed E-state index contributed by atoms with van der Waals surface area (Å²) >= 11 is 12.0. The molecule has 18 heavy (non-hydrogen) atoms. The van der Waals surface area contributed by atoms with Crippen LogP contribution in [0.5, 0.6) is 0 Å². The highest BCUT2D eigenvalue weighted by atomic mass is 35.5. The van der Waals surface area contributed by atoms with Crippen LogP contribution in [0.2, 0.25) is 10.0 Å². The van der Waals surface area contributed by atoms with Gasteiger partial charge in [-0.2, -0.15) is 0 Å². The zero-order chi connectivity index (χ0) is 13.8. The van der Waals surface area contributed by atoms with E-state index in [-0.39, 0.29) is 11.6 Å². The molecule has 0 aromatic heterocycles. The summed E-state index contributed by atoms with van der Waals surface area (Å²) in [6.45, 7) is 9.69. The van der Waals surface area contributed by atoms with Gasteiger partial charge in [-0.25, -0.2) is 0 Å². The van der Waals surface area contributed by atoms with E-state index in [1.165, 1.54) is 0 Å². The molecule has 1 atom stereocenters. The molecule has 1 unspecified atom stereocenters. The van der Waals surface area contributed by atoms with E-state index in [0.29, 0.717) is 16.7 Å². The van der Waals surface area contributed by atoms with E-state index >= 15 is 0 Å². The van der Waals surface area contributed by atoms with Crippen molar-refractivity contribution in [2.45, 2.75) is 39.3 Å². The van der Waals surface area contributed by atoms with Gasteiger partial charge >= 0.3 is 0 Å². The topological polar surface area (TPSA) is 21.3 Å². The molecule has 0 aliphatic heterocycles. The standard InChI is InChI=1S/C14H21Cl2NO/c1-5-17-13(9-18-14(2,3)4)10-6-7-11(15)12(16)8-10/h6-8,13,17H,5,9H2,1-4H3. The SMILES string of the molecule is CCNC(COC(C)(C)C)c1ccc(Cl)c(Cl)c1. The van der Waals surface area contributed by atoms with Crippen molar-refractivity contribution >= 4 is 23.2 Å². The molecule has 1 rings (SSSR count). The predicted octanol–water partition coefficient (Wildman–Crippen LogP) is 4.46. The summed E-state index contributed by atoms with van der Waals surface area (Å²) in [5.41, 5.74) is 0.944. The molecule has 4 heteroatoms. The zero-order valence-electron chi connectivity index (χ0n) is 11.4. The number of likely N-dealkylation sites (N-methyl/N-ethyl adjacent to an activating group) is 1. The Morgan fingerprint density at radius 1 is 1.22 bits per heavy atom. The molecular formula is C14H21Cl2NO. The van der Waals surface area contributed by atoms with Crippen molar-refractivity contribution in [2.75, 3.05) is 13.2 Å². The molecule has 0 bridgehead atoms. The first-order valence-corrected chi connectivity index (χ1v) is 6.91. The number of nitrogens with one attached hydrogen (secondary N) is 1. The molecule has 0 spiro atoms. The van der Waals surface area contributed by atoms with Gasteiger partial charge in [0.25, 0.3) is 0 Å². The predicted molar refractivity (Wildman–Crippen MR) is 78.6 cm³/mol. The highest BCUT2D eigenvalue weighted by molar-refractivity contribution is 6.42. The number of halogens is 2. The summed E-state index contributed by atoms with van der Waals surface area (Å²) in [4.78, 5) is 0. The molecule has 1 aromatic rings. The minimum Gasteiger partial charge on any atom is -0.374 e. The smallest absolute Gasteiger partial charge is 0.0668 e. The first-order chi connectivity index (χ1) is 8.33. The van der Waals surface area contributed by atoms with E-state index in [4.69, 9.17) is 27.9 Å². The molecule has 0 fully saturated rings. The van der Waals surface area contributed by atoms with Gasteiger partial charge in [0.15, 0.2) is 0 Å². The van der Waals surface area contributed by atoms with Crippen LogP contribution in [-0.4, -0.2) is 18.8 Å². The molecule has 2 nitrogen and oxygen atoms in total. The molecule has 0 heterocycles. The second-order valence-electron chi connectivity index (χ2n) is 5.21. The zero-order valence-corrected chi connectivity index (χ0v) is 12.9. The van der Waals surface area contributed by atoms with Crippen molar-refractivity contribution in [3.05, 3.63) is 33.8 Å². The molecule has 0 saturated heterocycles. The minimum absolute atomic E-state index is 0.129. The fraction of sp³-hybridized carbons (Fsp3) is 0.571. The van der Waals surface area contributed by atoms with Crippen LogP contribution < -0.4 is 5.32 Å². The highest BCUT2D eigenvalue weighted by Gasteiger charge is 2.17. The Balaban J connectivity index is 2.80. The molecule has 1 aromatic carbocycles. The Morgan fingerprint density at radius 3 is 2.39 bits per heavy atom. The van der Waals surface area contributed by atoms with Gasteiger partial charge in [-0.1, -0.05) is 36.2 Å². The van der Waals surface area contributed by atoms with Gasteiger partial charge in [-0.3, -0.25) is 0 Å². The lowest BCUT2D eigenvalue weighted by Gasteiger charge is -2.25. The second kappa shape index (κ2) is 6.76. The van der Waals surface area contributed by atoms with Crippen molar-refractivity contribution in [1.82, 2.24) is 5.32 Å². The molecule has 102 valence electrons. The number of benzene rings is 1. The lowest BCUT2D eigenvalue weighted by Crippen LogP contribution is -2.30. The van der Waals surface area contributed by atoms with Crippen molar-refractivity contribution < 1.29 is 4.74 Å². The number of hydrogen-bond donors (Lipinski definition) is 1. The maximum absolute atomic E-state index is 6.05. The van der Waals surface area contributed by atoms with Crippen molar-refractivity contribution in [2.24, 2.45) is 0 Å². The van der Waals surface area contributed by atoms with Crippen molar-refractivity contribution in [1.29, 1.82) is 0 Å². The molecular weight excluding hydrogens is 269 g/mol. The van der Waals surface area contributed by atoms with Crippen LogP contribution in [0.15, 0.2) is 18.2 Å². The van der Waals surface area contributed by atoms with Crippen molar-refractivity contribution in [3.63, 3.8) is 0 Å². The van der Waals surface area contributed by atoms with Gasteiger partial charge in [0.1, 0.15) is 0 Å². The molecule has 0 radical (unpaired) electrons. The fourth-order valence-corrected chi connectivity index (χ4v) is 1.89. The van der Waals surface area contributed by atoms with Gasteiger partial charge in [-0.05, 0) is 45.0 Å². The molecule has 1 N–H and O–H groups in total. The van der Waals surface area contributed by atoms with E-state index < -0.39 is 0 Å². The monoisotopic (exact) mass is 289 g/mol. The maximum Gasteiger partial charge on any atom is 0.0668 e. The van der Waals surface area contributed by atoms with Gasteiger partial charge in [-0.15, -0.1) is 0 Å². The van der Waals surface area contributed by atoms with Crippen LogP contribution in [0.25, 0.3) is 0 Å². The third-order valence-electron chi connectivity index (χ3n) is 2.48. The Morgan fingerprint density at radius 2 is 1.89 bits per heavy atom. The first-order valence-electron chi connectivity index (χ1n) is 6.16. The van der Waals surface area contributed by atoms with Crippen LogP contribution in [0.3, 0.4) is 0 Å². The molecule has 0 amide bonds. The second-order valence-corrected chi connectivity index (χ2v) is 6.02. The molecule has 0 aliphatic rings. The summed E-state index contributed by atoms with van der Waals surface area (Å²) in [6.07, 6.45) is 0. The van der Waals surface area contributed by atoms with Crippen LogP contribution in [-0.2, 0) is 4.74 Å². The van der Waals surface area contributed by atoms with Crippen LogP contribution >= 0.6 is 23.2 Å². The van der Waals surface area contributed by atoms with E-state index in [9.17, 15) is 0 Å². The van der Waals surface area contributed by atoms with E-state index in [1.54, 1.807) is 0 Å². The van der Waals surface area contributed by atoms with Crippen LogP contribution in [0.4, 0.5) is 0 Å². The summed E-state index contributed by atoms with van der Waals surface area (Å²) < 4.78 is 5.83. The normalized spacial score (nSPS) is 13.7. The Kier molecular flexibility index (Phi) is 5.93. The Hall–Kier alpha value is -0.280. The minimum atomic E-state index is -0.149. The van der Waals surface area contributed by atoms with Crippen LogP contribution in [0, 0.1) is 0 Å². The van der Waals surface area contributed by atoms with E-state index in [1.807, 2.05) is 39.0 Å². The average molecular weight is 290 g/mol. The maximum atomic E-state index is 6.05. The molecule has 0 saturated carbocycles. The third-order valence-corrected chi connectivity index (χ3v) is 3.22.